The molecule has 4 aromatic rings. The molecule has 7 heteroatoms. The van der Waals surface area contributed by atoms with Gasteiger partial charge in [-0.2, -0.15) is 0 Å². The third-order valence-corrected chi connectivity index (χ3v) is 4.62. The van der Waals surface area contributed by atoms with Gasteiger partial charge in [0.05, 0.1) is 12.5 Å². The number of benzene rings is 1. The van der Waals surface area contributed by atoms with E-state index in [-0.39, 0.29) is 5.91 Å². The molecule has 3 aromatic heterocycles. The molecule has 27 heavy (non-hydrogen) atoms. The average Bonchev–Trinajstić information content (AvgIpc) is 3.36. The number of pyridine rings is 1. The Hall–Kier alpha value is -3.45. The van der Waals surface area contributed by atoms with E-state index in [0.717, 1.165) is 5.56 Å². The maximum atomic E-state index is 12.4. The van der Waals surface area contributed by atoms with Gasteiger partial charge in [-0.1, -0.05) is 0 Å². The van der Waals surface area contributed by atoms with Crippen molar-refractivity contribution in [1.82, 2.24) is 9.97 Å². The Kier molecular flexibility index (Phi) is 4.67. The van der Waals surface area contributed by atoms with E-state index in [0.29, 0.717) is 33.6 Å². The van der Waals surface area contributed by atoms with Gasteiger partial charge in [0, 0.05) is 17.3 Å². The van der Waals surface area contributed by atoms with Crippen LogP contribution in [0, 0.1) is 6.92 Å². The molecule has 6 nitrogen and oxygen atoms in total. The van der Waals surface area contributed by atoms with Crippen LogP contribution in [0.1, 0.15) is 16.1 Å². The predicted octanol–water partition coefficient (Wildman–Crippen LogP) is 5.15. The number of thiazole rings is 1. The number of carbonyl (C=O) groups excluding carboxylic acids is 1. The molecule has 0 unspecified atom stereocenters. The van der Waals surface area contributed by atoms with Crippen LogP contribution in [0.5, 0.6) is 11.5 Å². The van der Waals surface area contributed by atoms with Gasteiger partial charge < -0.3 is 14.5 Å². The second-order valence-electron chi connectivity index (χ2n) is 5.74. The highest BCUT2D eigenvalue weighted by Crippen LogP contribution is 2.28. The van der Waals surface area contributed by atoms with Crippen LogP contribution in [0.25, 0.3) is 10.8 Å². The second-order valence-corrected chi connectivity index (χ2v) is 6.60. The van der Waals surface area contributed by atoms with E-state index in [1.807, 2.05) is 37.3 Å². The van der Waals surface area contributed by atoms with Crippen molar-refractivity contribution in [3.05, 3.63) is 77.8 Å². The number of furan rings is 1. The van der Waals surface area contributed by atoms with Crippen molar-refractivity contribution in [2.45, 2.75) is 6.92 Å². The summed E-state index contributed by atoms with van der Waals surface area (Å²) in [5.74, 6) is 1.73. The molecule has 1 N–H and O–H groups in total. The van der Waals surface area contributed by atoms with Crippen LogP contribution in [-0.4, -0.2) is 15.9 Å². The van der Waals surface area contributed by atoms with Crippen molar-refractivity contribution in [2.75, 3.05) is 5.32 Å². The van der Waals surface area contributed by atoms with Crippen LogP contribution in [0.2, 0.25) is 0 Å². The molecular weight excluding hydrogens is 362 g/mol. The summed E-state index contributed by atoms with van der Waals surface area (Å²) in [6.07, 6.45) is 4.91. The molecular formula is C20H15N3O3S. The minimum Gasteiger partial charge on any atom is -0.462 e. The molecule has 0 fully saturated rings. The van der Waals surface area contributed by atoms with E-state index in [1.54, 1.807) is 36.2 Å². The highest BCUT2D eigenvalue weighted by atomic mass is 32.1. The molecule has 0 spiro atoms. The zero-order valence-electron chi connectivity index (χ0n) is 14.4. The summed E-state index contributed by atoms with van der Waals surface area (Å²) < 4.78 is 11.1. The van der Waals surface area contributed by atoms with E-state index in [2.05, 4.69) is 15.3 Å². The van der Waals surface area contributed by atoms with Gasteiger partial charge in [0.2, 0.25) is 0 Å². The Bertz CT molecular complexity index is 1060. The number of amides is 1. The number of hydrogen-bond donors (Lipinski definition) is 1. The summed E-state index contributed by atoms with van der Waals surface area (Å²) in [6, 6.07) is 12.7. The van der Waals surface area contributed by atoms with E-state index in [9.17, 15) is 4.79 Å². The van der Waals surface area contributed by atoms with Gasteiger partial charge >= 0.3 is 0 Å². The maximum Gasteiger partial charge on any atom is 0.275 e. The molecule has 3 heterocycles. The minimum atomic E-state index is -0.274. The monoisotopic (exact) mass is 377 g/mol. The van der Waals surface area contributed by atoms with E-state index < -0.39 is 0 Å². The third kappa shape index (κ3) is 3.88. The normalized spacial score (nSPS) is 10.6. The van der Waals surface area contributed by atoms with Gasteiger partial charge in [0.1, 0.15) is 17.2 Å². The lowest BCUT2D eigenvalue weighted by molar-refractivity contribution is 0.102. The molecule has 0 aliphatic rings. The zero-order chi connectivity index (χ0) is 18.6. The topological polar surface area (TPSA) is 77.2 Å². The number of rotatable bonds is 5. The maximum absolute atomic E-state index is 12.4. The van der Waals surface area contributed by atoms with E-state index in [4.69, 9.17) is 9.15 Å². The molecule has 0 aliphatic carbocycles. The number of aryl methyl sites for hydroxylation is 1. The highest BCUT2D eigenvalue weighted by Gasteiger charge is 2.14. The summed E-state index contributed by atoms with van der Waals surface area (Å²) in [7, 11) is 0. The fourth-order valence-corrected chi connectivity index (χ4v) is 3.23. The second kappa shape index (κ2) is 7.43. The molecule has 1 aromatic carbocycles. The van der Waals surface area contributed by atoms with Crippen LogP contribution in [0.3, 0.4) is 0 Å². The number of nitrogens with zero attached hydrogens (tertiary/aromatic N) is 2. The molecule has 4 rings (SSSR count). The Morgan fingerprint density at radius 2 is 2.15 bits per heavy atom. The molecule has 0 radical (unpaired) electrons. The number of ether oxygens (including phenoxy) is 1. The van der Waals surface area contributed by atoms with Crippen LogP contribution in [-0.2, 0) is 0 Å². The van der Waals surface area contributed by atoms with Crippen LogP contribution in [0.15, 0.2) is 70.9 Å². The quantitative estimate of drug-likeness (QED) is 0.520. The smallest absolute Gasteiger partial charge is 0.275 e. The molecule has 1 amide bonds. The summed E-state index contributed by atoms with van der Waals surface area (Å²) in [4.78, 5) is 20.8. The largest absolute Gasteiger partial charge is 0.462 e. The fraction of sp³-hybridized carbons (Fsp3) is 0.0500. The number of nitrogens with one attached hydrogen (secondary N) is 1. The molecule has 0 bridgehead atoms. The van der Waals surface area contributed by atoms with Gasteiger partial charge in [-0.3, -0.25) is 9.78 Å². The predicted molar refractivity (Wildman–Crippen MR) is 103 cm³/mol. The standard InChI is InChI=1S/C20H15N3O3S/c1-13-10-14(6-7-17(13)26-15-4-2-8-21-11-15)22-19(24)16-12-27-20(23-16)18-5-3-9-25-18/h2-12H,1H3,(H,22,24). The average molecular weight is 377 g/mol. The number of aromatic nitrogens is 2. The van der Waals surface area contributed by atoms with Gasteiger partial charge in [-0.15, -0.1) is 11.3 Å². The van der Waals surface area contributed by atoms with Crippen molar-refractivity contribution >= 4 is 22.9 Å². The van der Waals surface area contributed by atoms with Gasteiger partial charge in [0.15, 0.2) is 10.8 Å². The SMILES string of the molecule is Cc1cc(NC(=O)c2csc(-c3ccco3)n2)ccc1Oc1cccnc1. The molecule has 0 saturated heterocycles. The lowest BCUT2D eigenvalue weighted by Crippen LogP contribution is -2.12. The van der Waals surface area contributed by atoms with Crippen LogP contribution in [0.4, 0.5) is 5.69 Å². The van der Waals surface area contributed by atoms with Gasteiger partial charge in [0.25, 0.3) is 5.91 Å². The lowest BCUT2D eigenvalue weighted by Gasteiger charge is -2.10. The highest BCUT2D eigenvalue weighted by molar-refractivity contribution is 7.13. The first-order valence-corrected chi connectivity index (χ1v) is 9.06. The molecule has 0 saturated carbocycles. The van der Waals surface area contributed by atoms with Crippen molar-refractivity contribution < 1.29 is 13.9 Å². The third-order valence-electron chi connectivity index (χ3n) is 3.76. The minimum absolute atomic E-state index is 0.274. The number of hydrogen-bond acceptors (Lipinski definition) is 6. The summed E-state index contributed by atoms with van der Waals surface area (Å²) >= 11 is 1.36. The van der Waals surface area contributed by atoms with Crippen LogP contribution >= 0.6 is 11.3 Å². The van der Waals surface area contributed by atoms with Crippen molar-refractivity contribution in [1.29, 1.82) is 0 Å². The zero-order valence-corrected chi connectivity index (χ0v) is 15.2. The summed E-state index contributed by atoms with van der Waals surface area (Å²) in [6.45, 7) is 1.92. The van der Waals surface area contributed by atoms with Gasteiger partial charge in [-0.05, 0) is 55.0 Å². The Morgan fingerprint density at radius 3 is 2.89 bits per heavy atom. The summed E-state index contributed by atoms with van der Waals surface area (Å²) in [5.41, 5.74) is 1.91. The van der Waals surface area contributed by atoms with E-state index >= 15 is 0 Å². The van der Waals surface area contributed by atoms with Gasteiger partial charge in [-0.25, -0.2) is 4.98 Å². The molecule has 134 valence electrons. The molecule has 0 aliphatic heterocycles. The first-order chi connectivity index (χ1) is 13.2. The Balaban J connectivity index is 1.46. The molecule has 0 atom stereocenters. The first-order valence-electron chi connectivity index (χ1n) is 8.18. The van der Waals surface area contributed by atoms with Crippen molar-refractivity contribution in [3.8, 4) is 22.3 Å². The number of carbonyl (C=O) groups is 1. The Labute approximate surface area is 159 Å². The van der Waals surface area contributed by atoms with Crippen LogP contribution < -0.4 is 10.1 Å². The lowest BCUT2D eigenvalue weighted by atomic mass is 10.2. The summed E-state index contributed by atoms with van der Waals surface area (Å²) in [5, 5.41) is 5.23. The first kappa shape index (κ1) is 17.0. The van der Waals surface area contributed by atoms with Crippen molar-refractivity contribution in [2.24, 2.45) is 0 Å². The Morgan fingerprint density at radius 1 is 1.22 bits per heavy atom. The number of anilines is 1. The van der Waals surface area contributed by atoms with Crippen molar-refractivity contribution in [3.63, 3.8) is 0 Å². The van der Waals surface area contributed by atoms with E-state index in [1.165, 1.54) is 11.3 Å². The fourth-order valence-electron chi connectivity index (χ4n) is 2.46.